The Morgan fingerprint density at radius 3 is 2.12 bits per heavy atom. The van der Waals surface area contributed by atoms with Crippen LogP contribution in [0.1, 0.15) is 5.56 Å². The third-order valence-electron chi connectivity index (χ3n) is 4.50. The summed E-state index contributed by atoms with van der Waals surface area (Å²) in [7, 11) is 1.94. The summed E-state index contributed by atoms with van der Waals surface area (Å²) in [5.74, 6) is 0. The van der Waals surface area contributed by atoms with Crippen molar-refractivity contribution in [1.29, 1.82) is 0 Å². The molecule has 3 nitrogen and oxygen atoms in total. The minimum atomic E-state index is 0.921. The van der Waals surface area contributed by atoms with E-state index in [-0.39, 0.29) is 0 Å². The van der Waals surface area contributed by atoms with Gasteiger partial charge in [-0.15, -0.1) is 5.11 Å². The van der Waals surface area contributed by atoms with Gasteiger partial charge in [0.1, 0.15) is 0 Å². The van der Waals surface area contributed by atoms with Crippen LogP contribution in [0, 0.1) is 6.92 Å². The quantitative estimate of drug-likeness (QED) is 0.315. The first-order chi connectivity index (χ1) is 12.2. The molecule has 0 bridgehead atoms. The molecular formula is C22H19N3. The van der Waals surface area contributed by atoms with Crippen LogP contribution in [0.4, 0.5) is 11.4 Å². The van der Waals surface area contributed by atoms with Gasteiger partial charge in [-0.05, 0) is 29.3 Å². The van der Waals surface area contributed by atoms with Crippen LogP contribution in [0.25, 0.3) is 21.5 Å². The number of hydrogen-bond donors (Lipinski definition) is 0. The van der Waals surface area contributed by atoms with E-state index in [1.54, 1.807) is 0 Å². The molecule has 0 spiro atoms. The van der Waals surface area contributed by atoms with Crippen LogP contribution in [0.5, 0.6) is 0 Å². The molecule has 0 aliphatic rings. The predicted octanol–water partition coefficient (Wildman–Crippen LogP) is 6.44. The summed E-state index contributed by atoms with van der Waals surface area (Å²) in [4.78, 5) is 0. The van der Waals surface area contributed by atoms with Gasteiger partial charge in [-0.2, -0.15) is 0 Å². The van der Waals surface area contributed by atoms with Gasteiger partial charge in [0, 0.05) is 17.8 Å². The monoisotopic (exact) mass is 325 g/mol. The van der Waals surface area contributed by atoms with E-state index < -0.39 is 0 Å². The van der Waals surface area contributed by atoms with Crippen molar-refractivity contribution in [2.45, 2.75) is 6.92 Å². The Kier molecular flexibility index (Phi) is 3.90. The molecule has 0 aliphatic heterocycles. The molecule has 3 heteroatoms. The summed E-state index contributed by atoms with van der Waals surface area (Å²) >= 11 is 0. The highest BCUT2D eigenvalue weighted by Crippen LogP contribution is 2.31. The molecular weight excluding hydrogens is 306 g/mol. The van der Waals surface area contributed by atoms with Gasteiger partial charge in [0.25, 0.3) is 0 Å². The van der Waals surface area contributed by atoms with Crippen molar-refractivity contribution in [1.82, 2.24) is 0 Å². The summed E-state index contributed by atoms with van der Waals surface area (Å²) < 4.78 is 0. The lowest BCUT2D eigenvalue weighted by molar-refractivity contribution is 0.928. The Morgan fingerprint density at radius 2 is 1.32 bits per heavy atom. The largest absolute Gasteiger partial charge is 0.249 e. The molecule has 0 radical (unpaired) electrons. The fourth-order valence-corrected chi connectivity index (χ4v) is 3.15. The highest BCUT2D eigenvalue weighted by Gasteiger charge is 2.07. The minimum Gasteiger partial charge on any atom is -0.249 e. The van der Waals surface area contributed by atoms with E-state index in [1.807, 2.05) is 42.4 Å². The maximum Gasteiger partial charge on any atom is 0.0981 e. The van der Waals surface area contributed by atoms with Crippen molar-refractivity contribution in [2.24, 2.45) is 10.3 Å². The Labute approximate surface area is 147 Å². The number of rotatable bonds is 3. The summed E-state index contributed by atoms with van der Waals surface area (Å²) in [6.07, 6.45) is 0. The first-order valence-corrected chi connectivity index (χ1v) is 8.35. The maximum absolute atomic E-state index is 4.57. The SMILES string of the molecule is Cc1ccc2ccccc2c1N=NN(C)c1cccc2ccccc12. The molecule has 4 aromatic carbocycles. The fraction of sp³-hybridized carbons (Fsp3) is 0.0909. The van der Waals surface area contributed by atoms with Gasteiger partial charge < -0.3 is 0 Å². The molecule has 0 amide bonds. The number of aryl methyl sites for hydroxylation is 1. The Hall–Kier alpha value is -3.20. The average molecular weight is 325 g/mol. The highest BCUT2D eigenvalue weighted by molar-refractivity contribution is 5.95. The van der Waals surface area contributed by atoms with Crippen LogP contribution < -0.4 is 5.01 Å². The molecule has 0 saturated heterocycles. The van der Waals surface area contributed by atoms with Crippen LogP contribution in [0.3, 0.4) is 0 Å². The van der Waals surface area contributed by atoms with Crippen LogP contribution in [0.15, 0.2) is 89.2 Å². The lowest BCUT2D eigenvalue weighted by Gasteiger charge is -2.14. The second-order valence-electron chi connectivity index (χ2n) is 6.16. The van der Waals surface area contributed by atoms with E-state index in [1.165, 1.54) is 16.2 Å². The lowest BCUT2D eigenvalue weighted by atomic mass is 10.1. The summed E-state index contributed by atoms with van der Waals surface area (Å²) in [5, 5.41) is 15.6. The molecule has 0 aliphatic carbocycles. The molecule has 0 N–H and O–H groups in total. The third kappa shape index (κ3) is 2.85. The Morgan fingerprint density at radius 1 is 0.680 bits per heavy atom. The van der Waals surface area contributed by atoms with Crippen LogP contribution in [-0.4, -0.2) is 7.05 Å². The zero-order chi connectivity index (χ0) is 17.2. The molecule has 0 atom stereocenters. The van der Waals surface area contributed by atoms with Gasteiger partial charge in [0.05, 0.1) is 11.4 Å². The van der Waals surface area contributed by atoms with Crippen molar-refractivity contribution >= 4 is 32.9 Å². The van der Waals surface area contributed by atoms with Crippen molar-refractivity contribution in [2.75, 3.05) is 12.1 Å². The van der Waals surface area contributed by atoms with Crippen LogP contribution in [-0.2, 0) is 0 Å². The molecule has 0 saturated carbocycles. The molecule has 0 aromatic heterocycles. The molecule has 0 fully saturated rings. The second-order valence-corrected chi connectivity index (χ2v) is 6.16. The zero-order valence-electron chi connectivity index (χ0n) is 14.3. The summed E-state index contributed by atoms with van der Waals surface area (Å²) in [5.41, 5.74) is 3.08. The smallest absolute Gasteiger partial charge is 0.0981 e. The molecule has 4 rings (SSSR count). The van der Waals surface area contributed by atoms with Crippen molar-refractivity contribution in [3.63, 3.8) is 0 Å². The molecule has 4 aromatic rings. The van der Waals surface area contributed by atoms with Gasteiger partial charge in [0.2, 0.25) is 0 Å². The van der Waals surface area contributed by atoms with E-state index in [0.29, 0.717) is 0 Å². The highest BCUT2D eigenvalue weighted by atomic mass is 15.5. The average Bonchev–Trinajstić information content (AvgIpc) is 2.66. The molecule has 122 valence electrons. The second kappa shape index (κ2) is 6.36. The molecule has 0 heterocycles. The van der Waals surface area contributed by atoms with Crippen molar-refractivity contribution in [3.05, 3.63) is 84.4 Å². The van der Waals surface area contributed by atoms with E-state index in [4.69, 9.17) is 0 Å². The minimum absolute atomic E-state index is 0.921. The van der Waals surface area contributed by atoms with E-state index in [2.05, 4.69) is 65.8 Å². The zero-order valence-corrected chi connectivity index (χ0v) is 14.3. The van der Waals surface area contributed by atoms with Gasteiger partial charge >= 0.3 is 0 Å². The van der Waals surface area contributed by atoms with Crippen LogP contribution >= 0.6 is 0 Å². The molecule has 0 unspecified atom stereocenters. The first-order valence-electron chi connectivity index (χ1n) is 8.35. The maximum atomic E-state index is 4.57. The van der Waals surface area contributed by atoms with Crippen LogP contribution in [0.2, 0.25) is 0 Å². The summed E-state index contributed by atoms with van der Waals surface area (Å²) in [6, 6.07) is 27.0. The predicted molar refractivity (Wildman–Crippen MR) is 106 cm³/mol. The van der Waals surface area contributed by atoms with Crippen molar-refractivity contribution < 1.29 is 0 Å². The normalized spacial score (nSPS) is 11.4. The van der Waals surface area contributed by atoms with E-state index in [0.717, 1.165) is 22.3 Å². The number of benzene rings is 4. The standard InChI is InChI=1S/C22H19N3/c1-16-14-15-18-9-4-6-12-20(18)22(16)23-24-25(2)21-13-7-10-17-8-3-5-11-19(17)21/h3-15H,1-2H3. The van der Waals surface area contributed by atoms with Gasteiger partial charge in [-0.1, -0.05) is 78.0 Å². The van der Waals surface area contributed by atoms with Gasteiger partial charge in [-0.3, -0.25) is 0 Å². The lowest BCUT2D eigenvalue weighted by Crippen LogP contribution is -2.07. The van der Waals surface area contributed by atoms with Gasteiger partial charge in [-0.25, -0.2) is 5.01 Å². The topological polar surface area (TPSA) is 28.0 Å². The third-order valence-corrected chi connectivity index (χ3v) is 4.50. The summed E-state index contributed by atoms with van der Waals surface area (Å²) in [6.45, 7) is 2.07. The Bertz CT molecular complexity index is 1080. The number of fused-ring (bicyclic) bond motifs is 2. The number of nitrogens with zero attached hydrogens (tertiary/aromatic N) is 3. The van der Waals surface area contributed by atoms with Crippen molar-refractivity contribution in [3.8, 4) is 0 Å². The van der Waals surface area contributed by atoms with E-state index in [9.17, 15) is 0 Å². The number of anilines is 1. The van der Waals surface area contributed by atoms with Gasteiger partial charge in [0.15, 0.2) is 0 Å². The fourth-order valence-electron chi connectivity index (χ4n) is 3.15. The number of hydrogen-bond acceptors (Lipinski definition) is 2. The Balaban J connectivity index is 1.76. The van der Waals surface area contributed by atoms with E-state index >= 15 is 0 Å². The first kappa shape index (κ1) is 15.3. The molecule has 25 heavy (non-hydrogen) atoms.